The fourth-order valence-corrected chi connectivity index (χ4v) is 3.02. The van der Waals surface area contributed by atoms with E-state index in [1.54, 1.807) is 17.0 Å². The average molecular weight is 264 g/mol. The second kappa shape index (κ2) is 4.61. The lowest BCUT2D eigenvalue weighted by molar-refractivity contribution is 0.00517. The van der Waals surface area contributed by atoms with Crippen molar-refractivity contribution in [1.82, 2.24) is 9.55 Å². The second-order valence-corrected chi connectivity index (χ2v) is 5.62. The lowest BCUT2D eigenvalue weighted by Gasteiger charge is -2.45. The van der Waals surface area contributed by atoms with Gasteiger partial charge in [-0.05, 0) is 20.3 Å². The first-order valence-corrected chi connectivity index (χ1v) is 6.80. The molecule has 1 aliphatic carbocycles. The van der Waals surface area contributed by atoms with Gasteiger partial charge in [0.1, 0.15) is 0 Å². The van der Waals surface area contributed by atoms with Crippen LogP contribution in [0.3, 0.4) is 0 Å². The van der Waals surface area contributed by atoms with Gasteiger partial charge >= 0.3 is 0 Å². The molecular formula is C13H20N4O2. The molecule has 6 nitrogen and oxygen atoms in total. The van der Waals surface area contributed by atoms with E-state index in [9.17, 15) is 4.79 Å². The van der Waals surface area contributed by atoms with Gasteiger partial charge in [-0.1, -0.05) is 0 Å². The van der Waals surface area contributed by atoms with Crippen molar-refractivity contribution in [2.75, 3.05) is 11.9 Å². The van der Waals surface area contributed by atoms with Gasteiger partial charge in [-0.25, -0.2) is 4.98 Å². The molecule has 2 heterocycles. The van der Waals surface area contributed by atoms with Gasteiger partial charge in [0, 0.05) is 37.0 Å². The number of nitrogens with zero attached hydrogens (tertiary/aromatic N) is 2. The number of hydrogen-bond acceptors (Lipinski definition) is 5. The molecule has 19 heavy (non-hydrogen) atoms. The molecule has 0 aromatic carbocycles. The normalized spacial score (nSPS) is 33.1. The zero-order valence-electron chi connectivity index (χ0n) is 11.2. The molecule has 4 unspecified atom stereocenters. The number of fused-ring (bicyclic) bond motifs is 1. The van der Waals surface area contributed by atoms with Crippen LogP contribution in [-0.4, -0.2) is 34.3 Å². The van der Waals surface area contributed by atoms with Crippen LogP contribution in [0.1, 0.15) is 26.3 Å². The van der Waals surface area contributed by atoms with Crippen LogP contribution in [0, 0.1) is 5.92 Å². The summed E-state index contributed by atoms with van der Waals surface area (Å²) in [7, 11) is 0. The molecule has 1 saturated heterocycles. The number of rotatable bonds is 3. The molecule has 0 bridgehead atoms. The molecule has 6 heteroatoms. The van der Waals surface area contributed by atoms with E-state index < -0.39 is 0 Å². The highest BCUT2D eigenvalue weighted by molar-refractivity contribution is 5.36. The standard InChI is InChI=1S/C13H20N4O2/c1-7(2)17-5-4-15-12(13(17)18)16-10-9(14)8-3-6-19-11(8)10/h4-5,7-11H,3,6,14H2,1-2H3,(H,15,16). The minimum Gasteiger partial charge on any atom is -0.376 e. The molecule has 0 spiro atoms. The summed E-state index contributed by atoms with van der Waals surface area (Å²) in [5, 5.41) is 3.17. The van der Waals surface area contributed by atoms with Gasteiger partial charge in [-0.3, -0.25) is 4.79 Å². The van der Waals surface area contributed by atoms with Crippen LogP contribution in [0.15, 0.2) is 17.2 Å². The number of anilines is 1. The molecule has 3 rings (SSSR count). The molecule has 1 aromatic heterocycles. The minimum atomic E-state index is -0.105. The number of aromatic nitrogens is 2. The van der Waals surface area contributed by atoms with E-state index in [1.165, 1.54) is 0 Å². The predicted octanol–water partition coefficient (Wildman–Crippen LogP) is 0.351. The SMILES string of the molecule is CC(C)n1ccnc(NC2C(N)C3CCOC32)c1=O. The zero-order valence-corrected chi connectivity index (χ0v) is 11.2. The fraction of sp³-hybridized carbons (Fsp3) is 0.692. The van der Waals surface area contributed by atoms with Crippen LogP contribution in [-0.2, 0) is 4.74 Å². The van der Waals surface area contributed by atoms with E-state index in [0.29, 0.717) is 11.7 Å². The van der Waals surface area contributed by atoms with Crippen LogP contribution in [0.4, 0.5) is 5.82 Å². The monoisotopic (exact) mass is 264 g/mol. The third-order valence-electron chi connectivity index (χ3n) is 4.17. The summed E-state index contributed by atoms with van der Waals surface area (Å²) in [6.45, 7) is 4.70. The first kappa shape index (κ1) is 12.6. The van der Waals surface area contributed by atoms with Crippen molar-refractivity contribution in [2.24, 2.45) is 11.7 Å². The van der Waals surface area contributed by atoms with Crippen LogP contribution in [0.2, 0.25) is 0 Å². The maximum atomic E-state index is 12.2. The lowest BCUT2D eigenvalue weighted by atomic mass is 9.72. The highest BCUT2D eigenvalue weighted by Gasteiger charge is 2.52. The highest BCUT2D eigenvalue weighted by atomic mass is 16.5. The lowest BCUT2D eigenvalue weighted by Crippen LogP contribution is -2.65. The largest absolute Gasteiger partial charge is 0.376 e. The Kier molecular flexibility index (Phi) is 3.06. The molecular weight excluding hydrogens is 244 g/mol. The average Bonchev–Trinajstić information content (AvgIpc) is 2.81. The maximum absolute atomic E-state index is 12.2. The Balaban J connectivity index is 1.81. The first-order chi connectivity index (χ1) is 9.09. The number of nitrogens with two attached hydrogens (primary N) is 1. The fourth-order valence-electron chi connectivity index (χ4n) is 3.02. The van der Waals surface area contributed by atoms with E-state index in [0.717, 1.165) is 13.0 Å². The number of ether oxygens (including phenoxy) is 1. The van der Waals surface area contributed by atoms with Gasteiger partial charge in [-0.2, -0.15) is 0 Å². The van der Waals surface area contributed by atoms with Crippen molar-refractivity contribution in [2.45, 2.75) is 44.5 Å². The topological polar surface area (TPSA) is 82.2 Å². The number of nitrogens with one attached hydrogen (secondary N) is 1. The summed E-state index contributed by atoms with van der Waals surface area (Å²) in [5.74, 6) is 0.791. The summed E-state index contributed by atoms with van der Waals surface area (Å²) in [6.07, 6.45) is 4.49. The van der Waals surface area contributed by atoms with Gasteiger partial charge in [0.25, 0.3) is 5.56 Å². The molecule has 2 aliphatic rings. The van der Waals surface area contributed by atoms with Crippen molar-refractivity contribution < 1.29 is 4.74 Å². The van der Waals surface area contributed by atoms with Crippen molar-refractivity contribution in [1.29, 1.82) is 0 Å². The molecule has 1 aromatic rings. The van der Waals surface area contributed by atoms with E-state index >= 15 is 0 Å². The Bertz CT molecular complexity index is 528. The summed E-state index contributed by atoms with van der Waals surface area (Å²) in [4.78, 5) is 16.4. The van der Waals surface area contributed by atoms with Gasteiger partial charge in [0.2, 0.25) is 0 Å². The molecule has 104 valence electrons. The van der Waals surface area contributed by atoms with Gasteiger partial charge in [0.05, 0.1) is 12.1 Å². The molecule has 4 atom stereocenters. The Hall–Kier alpha value is -1.40. The highest BCUT2D eigenvalue weighted by Crippen LogP contribution is 2.38. The predicted molar refractivity (Wildman–Crippen MR) is 72.1 cm³/mol. The Morgan fingerprint density at radius 1 is 1.58 bits per heavy atom. The quantitative estimate of drug-likeness (QED) is 0.823. The summed E-state index contributed by atoms with van der Waals surface area (Å²) < 4.78 is 7.30. The third kappa shape index (κ3) is 1.95. The summed E-state index contributed by atoms with van der Waals surface area (Å²) >= 11 is 0. The van der Waals surface area contributed by atoms with Crippen LogP contribution >= 0.6 is 0 Å². The third-order valence-corrected chi connectivity index (χ3v) is 4.17. The van der Waals surface area contributed by atoms with Crippen LogP contribution < -0.4 is 16.6 Å². The minimum absolute atomic E-state index is 0.00397. The van der Waals surface area contributed by atoms with Crippen molar-refractivity contribution in [3.05, 3.63) is 22.7 Å². The van der Waals surface area contributed by atoms with Gasteiger partial charge < -0.3 is 20.4 Å². The smallest absolute Gasteiger partial charge is 0.293 e. The van der Waals surface area contributed by atoms with Crippen molar-refractivity contribution >= 4 is 5.82 Å². The summed E-state index contributed by atoms with van der Waals surface area (Å²) in [6, 6.07) is 0.152. The molecule has 0 radical (unpaired) electrons. The summed E-state index contributed by atoms with van der Waals surface area (Å²) in [5.41, 5.74) is 6.02. The molecule has 1 aliphatic heterocycles. The van der Waals surface area contributed by atoms with E-state index in [-0.39, 0.29) is 29.8 Å². The molecule has 2 fully saturated rings. The molecule has 3 N–H and O–H groups in total. The molecule has 0 amide bonds. The van der Waals surface area contributed by atoms with Gasteiger partial charge in [0.15, 0.2) is 5.82 Å². The Labute approximate surface area is 112 Å². The van der Waals surface area contributed by atoms with Crippen LogP contribution in [0.5, 0.6) is 0 Å². The first-order valence-electron chi connectivity index (χ1n) is 6.80. The zero-order chi connectivity index (χ0) is 13.6. The maximum Gasteiger partial charge on any atom is 0.293 e. The van der Waals surface area contributed by atoms with E-state index in [1.807, 2.05) is 13.8 Å². The van der Waals surface area contributed by atoms with Crippen molar-refractivity contribution in [3.8, 4) is 0 Å². The van der Waals surface area contributed by atoms with Gasteiger partial charge in [-0.15, -0.1) is 0 Å². The molecule has 1 saturated carbocycles. The van der Waals surface area contributed by atoms with Crippen LogP contribution in [0.25, 0.3) is 0 Å². The van der Waals surface area contributed by atoms with E-state index in [4.69, 9.17) is 10.5 Å². The Morgan fingerprint density at radius 2 is 2.37 bits per heavy atom. The van der Waals surface area contributed by atoms with E-state index in [2.05, 4.69) is 10.3 Å². The second-order valence-electron chi connectivity index (χ2n) is 5.62. The Morgan fingerprint density at radius 3 is 3.11 bits per heavy atom. The van der Waals surface area contributed by atoms with Crippen molar-refractivity contribution in [3.63, 3.8) is 0 Å². The number of hydrogen-bond donors (Lipinski definition) is 2.